The SMILES string of the molecule is COc1ccc(NC(=O)C(=Cc2ccccc2OC)NC(=O)c2ccccc2OC)cc1. The minimum absolute atomic E-state index is 0.0428. The molecule has 3 aromatic rings. The van der Waals surface area contributed by atoms with Crippen LogP contribution >= 0.6 is 0 Å². The van der Waals surface area contributed by atoms with Gasteiger partial charge in [-0.25, -0.2) is 0 Å². The number of hydrogen-bond acceptors (Lipinski definition) is 5. The zero-order valence-electron chi connectivity index (χ0n) is 18.0. The molecule has 0 saturated carbocycles. The van der Waals surface area contributed by atoms with Crippen LogP contribution in [-0.4, -0.2) is 33.1 Å². The number of carbonyl (C=O) groups is 2. The molecule has 0 unspecified atom stereocenters. The summed E-state index contributed by atoms with van der Waals surface area (Å²) in [5, 5.41) is 5.49. The molecule has 0 spiro atoms. The molecule has 3 rings (SSSR count). The van der Waals surface area contributed by atoms with Crippen LogP contribution in [0.2, 0.25) is 0 Å². The Morgan fingerprint density at radius 2 is 1.38 bits per heavy atom. The number of ether oxygens (including phenoxy) is 3. The highest BCUT2D eigenvalue weighted by atomic mass is 16.5. The van der Waals surface area contributed by atoms with Crippen LogP contribution in [0.15, 0.2) is 78.5 Å². The van der Waals surface area contributed by atoms with Gasteiger partial charge in [-0.3, -0.25) is 9.59 Å². The summed E-state index contributed by atoms with van der Waals surface area (Å²) in [6.07, 6.45) is 1.56. The number of para-hydroxylation sites is 2. The Hall–Kier alpha value is -4.26. The van der Waals surface area contributed by atoms with E-state index in [4.69, 9.17) is 14.2 Å². The molecular weight excluding hydrogens is 408 g/mol. The maximum Gasteiger partial charge on any atom is 0.272 e. The molecule has 0 atom stereocenters. The van der Waals surface area contributed by atoms with E-state index in [1.807, 2.05) is 12.1 Å². The quantitative estimate of drug-likeness (QED) is 0.523. The summed E-state index contributed by atoms with van der Waals surface area (Å²) in [5.41, 5.74) is 1.53. The summed E-state index contributed by atoms with van der Waals surface area (Å²) >= 11 is 0. The molecule has 0 fully saturated rings. The van der Waals surface area contributed by atoms with Gasteiger partial charge < -0.3 is 24.8 Å². The zero-order chi connectivity index (χ0) is 22.9. The van der Waals surface area contributed by atoms with E-state index < -0.39 is 11.8 Å². The van der Waals surface area contributed by atoms with Crippen molar-refractivity contribution < 1.29 is 23.8 Å². The van der Waals surface area contributed by atoms with Gasteiger partial charge in [-0.2, -0.15) is 0 Å². The highest BCUT2D eigenvalue weighted by Crippen LogP contribution is 2.22. The fraction of sp³-hybridized carbons (Fsp3) is 0.120. The van der Waals surface area contributed by atoms with Gasteiger partial charge in [-0.15, -0.1) is 0 Å². The predicted molar refractivity (Wildman–Crippen MR) is 123 cm³/mol. The standard InChI is InChI=1S/C25H24N2O5/c1-30-19-14-12-18(13-15-19)26-25(29)21(16-17-8-4-6-10-22(17)31-2)27-24(28)20-9-5-7-11-23(20)32-3/h4-16H,1-3H3,(H,26,29)(H,27,28). The maximum absolute atomic E-state index is 13.1. The van der Waals surface area contributed by atoms with Gasteiger partial charge >= 0.3 is 0 Å². The lowest BCUT2D eigenvalue weighted by atomic mass is 10.1. The predicted octanol–water partition coefficient (Wildman–Crippen LogP) is 4.12. The van der Waals surface area contributed by atoms with Crippen molar-refractivity contribution in [3.63, 3.8) is 0 Å². The molecule has 0 saturated heterocycles. The number of methoxy groups -OCH3 is 3. The van der Waals surface area contributed by atoms with Crippen molar-refractivity contribution in [3.8, 4) is 17.2 Å². The van der Waals surface area contributed by atoms with Crippen LogP contribution < -0.4 is 24.8 Å². The van der Waals surface area contributed by atoms with Crippen molar-refractivity contribution in [1.82, 2.24) is 5.32 Å². The van der Waals surface area contributed by atoms with Crippen LogP contribution in [-0.2, 0) is 4.79 Å². The Bertz CT molecular complexity index is 1120. The van der Waals surface area contributed by atoms with Crippen molar-refractivity contribution >= 4 is 23.6 Å². The topological polar surface area (TPSA) is 85.9 Å². The molecule has 164 valence electrons. The van der Waals surface area contributed by atoms with E-state index in [2.05, 4.69) is 10.6 Å². The second-order valence-electron chi connectivity index (χ2n) is 6.64. The van der Waals surface area contributed by atoms with Gasteiger partial charge in [0.1, 0.15) is 22.9 Å². The molecule has 7 heteroatoms. The largest absolute Gasteiger partial charge is 0.497 e. The molecular formula is C25H24N2O5. The average Bonchev–Trinajstić information content (AvgIpc) is 2.84. The fourth-order valence-corrected chi connectivity index (χ4v) is 2.99. The molecule has 0 aliphatic heterocycles. The first-order valence-corrected chi connectivity index (χ1v) is 9.80. The van der Waals surface area contributed by atoms with Gasteiger partial charge in [0.25, 0.3) is 11.8 Å². The van der Waals surface area contributed by atoms with Gasteiger partial charge in [0.2, 0.25) is 0 Å². The van der Waals surface area contributed by atoms with E-state index in [0.717, 1.165) is 0 Å². The van der Waals surface area contributed by atoms with E-state index >= 15 is 0 Å². The van der Waals surface area contributed by atoms with Gasteiger partial charge in [0, 0.05) is 11.3 Å². The normalized spacial score (nSPS) is 10.8. The van der Waals surface area contributed by atoms with E-state index in [-0.39, 0.29) is 5.70 Å². The fourth-order valence-electron chi connectivity index (χ4n) is 2.99. The summed E-state index contributed by atoms with van der Waals surface area (Å²) in [6, 6.07) is 20.8. The first-order chi connectivity index (χ1) is 15.5. The Morgan fingerprint density at radius 3 is 2.03 bits per heavy atom. The van der Waals surface area contributed by atoms with Gasteiger partial charge in [-0.05, 0) is 48.5 Å². The number of rotatable bonds is 8. The zero-order valence-corrected chi connectivity index (χ0v) is 18.0. The minimum Gasteiger partial charge on any atom is -0.497 e. The number of nitrogens with one attached hydrogen (secondary N) is 2. The molecule has 32 heavy (non-hydrogen) atoms. The molecule has 0 bridgehead atoms. The van der Waals surface area contributed by atoms with Crippen LogP contribution in [0, 0.1) is 0 Å². The lowest BCUT2D eigenvalue weighted by Gasteiger charge is -2.14. The monoisotopic (exact) mass is 432 g/mol. The number of carbonyl (C=O) groups excluding carboxylic acids is 2. The minimum atomic E-state index is -0.496. The first-order valence-electron chi connectivity index (χ1n) is 9.80. The average molecular weight is 432 g/mol. The van der Waals surface area contributed by atoms with Gasteiger partial charge in [-0.1, -0.05) is 30.3 Å². The third kappa shape index (κ3) is 5.46. The van der Waals surface area contributed by atoms with E-state index in [1.54, 1.807) is 73.8 Å². The number of amides is 2. The van der Waals surface area contributed by atoms with Gasteiger partial charge in [0.15, 0.2) is 0 Å². The number of anilines is 1. The second-order valence-corrected chi connectivity index (χ2v) is 6.64. The van der Waals surface area contributed by atoms with E-state index in [1.165, 1.54) is 14.2 Å². The Labute approximate surface area is 186 Å². The van der Waals surface area contributed by atoms with Crippen molar-refractivity contribution in [2.45, 2.75) is 0 Å². The molecule has 0 radical (unpaired) electrons. The molecule has 0 heterocycles. The highest BCUT2D eigenvalue weighted by molar-refractivity contribution is 6.11. The van der Waals surface area contributed by atoms with E-state index in [0.29, 0.717) is 34.1 Å². The number of hydrogen-bond donors (Lipinski definition) is 2. The Morgan fingerprint density at radius 1 is 0.750 bits per heavy atom. The van der Waals surface area contributed by atoms with Crippen LogP contribution in [0.1, 0.15) is 15.9 Å². The van der Waals surface area contributed by atoms with E-state index in [9.17, 15) is 9.59 Å². The Balaban J connectivity index is 1.94. The molecule has 0 aromatic heterocycles. The van der Waals surface area contributed by atoms with Crippen molar-refractivity contribution in [2.24, 2.45) is 0 Å². The van der Waals surface area contributed by atoms with Crippen molar-refractivity contribution in [3.05, 3.63) is 89.6 Å². The summed E-state index contributed by atoms with van der Waals surface area (Å²) in [5.74, 6) is 0.654. The third-order valence-electron chi connectivity index (χ3n) is 4.63. The van der Waals surface area contributed by atoms with Crippen molar-refractivity contribution in [1.29, 1.82) is 0 Å². The molecule has 2 N–H and O–H groups in total. The lowest BCUT2D eigenvalue weighted by molar-refractivity contribution is -0.113. The first kappa shape index (κ1) is 22.4. The van der Waals surface area contributed by atoms with Gasteiger partial charge in [0.05, 0.1) is 26.9 Å². The highest BCUT2D eigenvalue weighted by Gasteiger charge is 2.18. The third-order valence-corrected chi connectivity index (χ3v) is 4.63. The molecule has 3 aromatic carbocycles. The molecule has 7 nitrogen and oxygen atoms in total. The second kappa shape index (κ2) is 10.7. The summed E-state index contributed by atoms with van der Waals surface area (Å²) in [7, 11) is 4.58. The summed E-state index contributed by atoms with van der Waals surface area (Å²) < 4.78 is 15.8. The van der Waals surface area contributed by atoms with Crippen molar-refractivity contribution in [2.75, 3.05) is 26.6 Å². The molecule has 0 aliphatic carbocycles. The van der Waals surface area contributed by atoms with Crippen LogP contribution in [0.5, 0.6) is 17.2 Å². The lowest BCUT2D eigenvalue weighted by Crippen LogP contribution is -2.31. The summed E-state index contributed by atoms with van der Waals surface area (Å²) in [6.45, 7) is 0. The number of benzene rings is 3. The smallest absolute Gasteiger partial charge is 0.272 e. The summed E-state index contributed by atoms with van der Waals surface area (Å²) in [4.78, 5) is 26.1. The molecule has 2 amide bonds. The molecule has 0 aliphatic rings. The Kier molecular flexibility index (Phi) is 7.48. The maximum atomic E-state index is 13.1. The van der Waals surface area contributed by atoms with Crippen LogP contribution in [0.4, 0.5) is 5.69 Å². The van der Waals surface area contributed by atoms with Crippen LogP contribution in [0.25, 0.3) is 6.08 Å². The van der Waals surface area contributed by atoms with Crippen LogP contribution in [0.3, 0.4) is 0 Å².